The van der Waals surface area contributed by atoms with Gasteiger partial charge in [0.1, 0.15) is 4.90 Å². The van der Waals surface area contributed by atoms with Crippen molar-refractivity contribution in [2.24, 2.45) is 5.92 Å². The maximum atomic E-state index is 12.9. The lowest BCUT2D eigenvalue weighted by Crippen LogP contribution is -2.48. The molecule has 1 aliphatic heterocycles. The molecule has 1 fully saturated rings. The zero-order valence-electron chi connectivity index (χ0n) is 16.3. The van der Waals surface area contributed by atoms with Crippen LogP contribution in [0.3, 0.4) is 0 Å². The summed E-state index contributed by atoms with van der Waals surface area (Å²) >= 11 is 12.0. The fourth-order valence-electron chi connectivity index (χ4n) is 3.19. The van der Waals surface area contributed by atoms with Crippen LogP contribution in [0.2, 0.25) is 10.0 Å². The Kier molecular flexibility index (Phi) is 6.24. The van der Waals surface area contributed by atoms with Crippen LogP contribution in [0.1, 0.15) is 38.4 Å². The third-order valence-corrected chi connectivity index (χ3v) is 7.47. The van der Waals surface area contributed by atoms with Crippen LogP contribution < -0.4 is 5.32 Å². The minimum atomic E-state index is -3.79. The van der Waals surface area contributed by atoms with Crippen molar-refractivity contribution >= 4 is 39.1 Å². The van der Waals surface area contributed by atoms with E-state index in [1.165, 1.54) is 22.5 Å². The molecule has 1 saturated heterocycles. The van der Waals surface area contributed by atoms with E-state index in [0.717, 1.165) is 0 Å². The van der Waals surface area contributed by atoms with Gasteiger partial charge in [-0.1, -0.05) is 28.4 Å². The van der Waals surface area contributed by atoms with E-state index in [-0.39, 0.29) is 34.8 Å². The molecule has 11 heteroatoms. The Morgan fingerprint density at radius 1 is 1.28 bits per heavy atom. The van der Waals surface area contributed by atoms with Crippen LogP contribution >= 0.6 is 23.2 Å². The highest BCUT2D eigenvalue weighted by Gasteiger charge is 2.36. The Bertz CT molecular complexity index is 1010. The molecule has 2 heterocycles. The van der Waals surface area contributed by atoms with Crippen LogP contribution in [0.5, 0.6) is 0 Å². The van der Waals surface area contributed by atoms with Gasteiger partial charge >= 0.3 is 0 Å². The molecule has 0 atom stereocenters. The Balaban J connectivity index is 1.65. The molecule has 0 radical (unpaired) electrons. The largest absolute Gasteiger partial charge is 0.344 e. The van der Waals surface area contributed by atoms with E-state index >= 15 is 0 Å². The first-order valence-electron chi connectivity index (χ1n) is 9.09. The average Bonchev–Trinajstić information content (AvgIpc) is 3.11. The Morgan fingerprint density at radius 3 is 2.52 bits per heavy atom. The number of piperidine rings is 1. The zero-order valence-corrected chi connectivity index (χ0v) is 18.6. The molecular formula is C18H22Cl2N4O4S. The lowest BCUT2D eigenvalue weighted by molar-refractivity contribution is -0.128. The maximum Gasteiger partial charge on any atom is 0.244 e. The number of benzene rings is 1. The predicted molar refractivity (Wildman–Crippen MR) is 108 cm³/mol. The van der Waals surface area contributed by atoms with E-state index in [0.29, 0.717) is 29.6 Å². The summed E-state index contributed by atoms with van der Waals surface area (Å²) in [6.07, 6.45) is 0.787. The van der Waals surface area contributed by atoms with Gasteiger partial charge in [-0.25, -0.2) is 8.42 Å². The van der Waals surface area contributed by atoms with Crippen LogP contribution in [0.4, 0.5) is 0 Å². The summed E-state index contributed by atoms with van der Waals surface area (Å²) in [5, 5.41) is 7.20. The van der Waals surface area contributed by atoms with Crippen molar-refractivity contribution in [1.29, 1.82) is 0 Å². The second kappa shape index (κ2) is 8.22. The standard InChI is InChI=1S/C18H22Cl2N4O4S/c1-11-21-17(23-28-11)18(2,3)22-16(25)12-6-8-24(9-7-12)29(26,27)15-10-13(19)4-5-14(15)20/h4-5,10,12H,6-9H2,1-3H3,(H,22,25). The number of carbonyl (C=O) groups is 1. The molecule has 3 rings (SSSR count). The molecule has 29 heavy (non-hydrogen) atoms. The highest BCUT2D eigenvalue weighted by atomic mass is 35.5. The van der Waals surface area contributed by atoms with E-state index in [4.69, 9.17) is 27.7 Å². The summed E-state index contributed by atoms with van der Waals surface area (Å²) in [5.41, 5.74) is -0.799. The van der Waals surface area contributed by atoms with Crippen LogP contribution in [-0.2, 0) is 20.4 Å². The first kappa shape index (κ1) is 22.0. The highest BCUT2D eigenvalue weighted by molar-refractivity contribution is 7.89. The van der Waals surface area contributed by atoms with E-state index in [2.05, 4.69) is 15.5 Å². The van der Waals surface area contributed by atoms with Gasteiger partial charge in [0.05, 0.1) is 10.6 Å². The van der Waals surface area contributed by atoms with Gasteiger partial charge in [-0.15, -0.1) is 0 Å². The second-order valence-corrected chi connectivity index (χ2v) is 10.3. The van der Waals surface area contributed by atoms with Crippen molar-refractivity contribution in [3.8, 4) is 0 Å². The number of aryl methyl sites for hydroxylation is 1. The number of rotatable bonds is 5. The first-order chi connectivity index (χ1) is 13.5. The van der Waals surface area contributed by atoms with Crippen molar-refractivity contribution in [3.05, 3.63) is 40.0 Å². The lowest BCUT2D eigenvalue weighted by atomic mass is 9.95. The monoisotopic (exact) mass is 460 g/mol. The molecule has 1 aliphatic rings. The maximum absolute atomic E-state index is 12.9. The predicted octanol–water partition coefficient (Wildman–Crippen LogP) is 3.14. The summed E-state index contributed by atoms with van der Waals surface area (Å²) < 4.78 is 32.1. The second-order valence-electron chi connectivity index (χ2n) is 7.50. The number of hydrogen-bond acceptors (Lipinski definition) is 6. The average molecular weight is 461 g/mol. The van der Waals surface area contributed by atoms with Crippen LogP contribution in [0.25, 0.3) is 0 Å². The van der Waals surface area contributed by atoms with E-state index in [1.807, 2.05) is 0 Å². The van der Waals surface area contributed by atoms with Crippen LogP contribution in [0, 0.1) is 12.8 Å². The van der Waals surface area contributed by atoms with Gasteiger partial charge in [-0.2, -0.15) is 9.29 Å². The van der Waals surface area contributed by atoms with Gasteiger partial charge in [0, 0.05) is 31.0 Å². The van der Waals surface area contributed by atoms with E-state index in [9.17, 15) is 13.2 Å². The molecule has 0 spiro atoms. The number of carbonyl (C=O) groups excluding carboxylic acids is 1. The normalized spacial score (nSPS) is 16.7. The molecule has 158 valence electrons. The van der Waals surface area contributed by atoms with Crippen molar-refractivity contribution < 1.29 is 17.7 Å². The number of amides is 1. The fraction of sp³-hybridized carbons (Fsp3) is 0.500. The molecule has 1 aromatic heterocycles. The molecule has 1 amide bonds. The number of aromatic nitrogens is 2. The van der Waals surface area contributed by atoms with Crippen LogP contribution in [-0.4, -0.2) is 41.9 Å². The highest BCUT2D eigenvalue weighted by Crippen LogP contribution is 2.30. The number of halogens is 2. The van der Waals surface area contributed by atoms with Gasteiger partial charge in [0.15, 0.2) is 5.82 Å². The summed E-state index contributed by atoms with van der Waals surface area (Å²) in [6.45, 7) is 5.68. The topological polar surface area (TPSA) is 105 Å². The zero-order chi connectivity index (χ0) is 21.4. The summed E-state index contributed by atoms with van der Waals surface area (Å²) in [5.74, 6) is 0.318. The van der Waals surface area contributed by atoms with Crippen molar-refractivity contribution in [2.45, 2.75) is 44.0 Å². The quantitative estimate of drug-likeness (QED) is 0.734. The SMILES string of the molecule is Cc1nc(C(C)(C)NC(=O)C2CCN(S(=O)(=O)c3cc(Cl)ccc3Cl)CC2)no1. The minimum absolute atomic E-state index is 0.0248. The molecule has 1 N–H and O–H groups in total. The molecule has 0 aliphatic carbocycles. The third-order valence-electron chi connectivity index (χ3n) is 4.86. The molecular weight excluding hydrogens is 439 g/mol. The number of hydrogen-bond donors (Lipinski definition) is 1. The summed E-state index contributed by atoms with van der Waals surface area (Å²) in [7, 11) is -3.79. The molecule has 0 bridgehead atoms. The van der Waals surface area contributed by atoms with Crippen molar-refractivity contribution in [1.82, 2.24) is 19.8 Å². The molecule has 0 unspecified atom stereocenters. The number of nitrogens with one attached hydrogen (secondary N) is 1. The number of nitrogens with zero attached hydrogens (tertiary/aromatic N) is 3. The Morgan fingerprint density at radius 2 is 1.93 bits per heavy atom. The minimum Gasteiger partial charge on any atom is -0.344 e. The van der Waals surface area contributed by atoms with Gasteiger partial charge in [0.2, 0.25) is 21.8 Å². The first-order valence-corrected chi connectivity index (χ1v) is 11.3. The van der Waals surface area contributed by atoms with E-state index < -0.39 is 15.6 Å². The summed E-state index contributed by atoms with van der Waals surface area (Å²) in [6, 6.07) is 4.33. The summed E-state index contributed by atoms with van der Waals surface area (Å²) in [4.78, 5) is 16.9. The molecule has 2 aromatic rings. The van der Waals surface area contributed by atoms with Crippen molar-refractivity contribution in [2.75, 3.05) is 13.1 Å². The molecule has 8 nitrogen and oxygen atoms in total. The lowest BCUT2D eigenvalue weighted by Gasteiger charge is -2.32. The van der Waals surface area contributed by atoms with Gasteiger partial charge < -0.3 is 9.84 Å². The number of sulfonamides is 1. The van der Waals surface area contributed by atoms with Crippen molar-refractivity contribution in [3.63, 3.8) is 0 Å². The van der Waals surface area contributed by atoms with Crippen LogP contribution in [0.15, 0.2) is 27.6 Å². The smallest absolute Gasteiger partial charge is 0.244 e. The van der Waals surface area contributed by atoms with E-state index in [1.54, 1.807) is 20.8 Å². The van der Waals surface area contributed by atoms with Gasteiger partial charge in [-0.05, 0) is 44.9 Å². The fourth-order valence-corrected chi connectivity index (χ4v) is 5.40. The molecule has 1 aromatic carbocycles. The molecule has 0 saturated carbocycles. The third kappa shape index (κ3) is 4.74. The Hall–Kier alpha value is -1.68. The van der Waals surface area contributed by atoms with Gasteiger partial charge in [0.25, 0.3) is 0 Å². The Labute approximate surface area is 179 Å². The van der Waals surface area contributed by atoms with Gasteiger partial charge in [-0.3, -0.25) is 4.79 Å².